The van der Waals surface area contributed by atoms with Crippen molar-refractivity contribution >= 4 is 35.1 Å². The van der Waals surface area contributed by atoms with Gasteiger partial charge in [0, 0.05) is 16.6 Å². The third-order valence-corrected chi connectivity index (χ3v) is 3.55. The van der Waals surface area contributed by atoms with Gasteiger partial charge < -0.3 is 10.2 Å². The van der Waals surface area contributed by atoms with Crippen LogP contribution in [-0.4, -0.2) is 28.2 Å². The number of carbonyl (C=O) groups is 2. The van der Waals surface area contributed by atoms with Crippen LogP contribution in [0.25, 0.3) is 0 Å². The van der Waals surface area contributed by atoms with Gasteiger partial charge in [0.2, 0.25) is 0 Å². The largest absolute Gasteiger partial charge is 0.481 e. The number of hydrogen-bond acceptors (Lipinski definition) is 3. The summed E-state index contributed by atoms with van der Waals surface area (Å²) in [6.45, 7) is 1.90. The highest BCUT2D eigenvalue weighted by atomic mass is 35.5. The number of rotatable bonds is 6. The summed E-state index contributed by atoms with van der Waals surface area (Å²) >= 11 is 12.0. The van der Waals surface area contributed by atoms with Crippen molar-refractivity contribution in [2.45, 2.75) is 25.9 Å². The van der Waals surface area contributed by atoms with E-state index in [2.05, 4.69) is 5.32 Å². The minimum Gasteiger partial charge on any atom is -0.481 e. The molecule has 1 aromatic carbocycles. The summed E-state index contributed by atoms with van der Waals surface area (Å²) in [6.07, 6.45) is -0.500. The van der Waals surface area contributed by atoms with E-state index in [9.17, 15) is 9.59 Å². The minimum atomic E-state index is -1.22. The summed E-state index contributed by atoms with van der Waals surface area (Å²) in [7, 11) is 0. The molecule has 3 N–H and O–H groups in total. The Bertz CT molecular complexity index is 505. The number of benzene rings is 1. The smallest absolute Gasteiger partial charge is 0.321 e. The SMILES string of the molecule is Cc1c(Cl)ccc(CN[C@H](CC(=O)O)C(=O)O)c1Cl. The second-order valence-corrected chi connectivity index (χ2v) is 4.80. The van der Waals surface area contributed by atoms with Crippen LogP contribution in [-0.2, 0) is 16.1 Å². The molecule has 0 unspecified atom stereocenters. The zero-order valence-corrected chi connectivity index (χ0v) is 11.6. The maximum absolute atomic E-state index is 10.9. The zero-order valence-electron chi connectivity index (χ0n) is 10.1. The molecule has 1 aromatic rings. The predicted molar refractivity (Wildman–Crippen MR) is 71.7 cm³/mol. The average molecular weight is 306 g/mol. The van der Waals surface area contributed by atoms with Gasteiger partial charge in [-0.3, -0.25) is 14.9 Å². The lowest BCUT2D eigenvalue weighted by Crippen LogP contribution is -2.38. The molecule has 0 spiro atoms. The Morgan fingerprint density at radius 1 is 1.32 bits per heavy atom. The fraction of sp³-hybridized carbons (Fsp3) is 0.333. The molecule has 0 fully saturated rings. The Morgan fingerprint density at radius 2 is 1.95 bits per heavy atom. The molecule has 19 heavy (non-hydrogen) atoms. The van der Waals surface area contributed by atoms with E-state index in [1.165, 1.54) is 0 Å². The molecule has 5 nitrogen and oxygen atoms in total. The van der Waals surface area contributed by atoms with Crippen LogP contribution in [0.4, 0.5) is 0 Å². The number of halogens is 2. The van der Waals surface area contributed by atoms with Crippen LogP contribution in [0.3, 0.4) is 0 Å². The van der Waals surface area contributed by atoms with Gasteiger partial charge in [-0.2, -0.15) is 0 Å². The molecule has 0 aliphatic rings. The summed E-state index contributed by atoms with van der Waals surface area (Å²) < 4.78 is 0. The van der Waals surface area contributed by atoms with Gasteiger partial charge in [0.05, 0.1) is 6.42 Å². The molecular formula is C12H13Cl2NO4. The molecule has 0 aliphatic heterocycles. The van der Waals surface area contributed by atoms with E-state index in [-0.39, 0.29) is 6.54 Å². The Morgan fingerprint density at radius 3 is 2.47 bits per heavy atom. The van der Waals surface area contributed by atoms with E-state index in [1.54, 1.807) is 19.1 Å². The van der Waals surface area contributed by atoms with Gasteiger partial charge in [0.15, 0.2) is 0 Å². The van der Waals surface area contributed by atoms with Gasteiger partial charge >= 0.3 is 11.9 Å². The van der Waals surface area contributed by atoms with Gasteiger partial charge in [-0.15, -0.1) is 0 Å². The number of carboxylic acid groups (broad SMARTS) is 2. The first-order valence-corrected chi connectivity index (χ1v) is 6.20. The monoisotopic (exact) mass is 305 g/mol. The topological polar surface area (TPSA) is 86.6 Å². The highest BCUT2D eigenvalue weighted by Crippen LogP contribution is 2.27. The summed E-state index contributed by atoms with van der Waals surface area (Å²) in [5.41, 5.74) is 1.37. The van der Waals surface area contributed by atoms with Crippen molar-refractivity contribution in [3.63, 3.8) is 0 Å². The van der Waals surface area contributed by atoms with Crippen molar-refractivity contribution < 1.29 is 19.8 Å². The molecule has 7 heteroatoms. The number of carboxylic acids is 2. The second kappa shape index (κ2) is 6.75. The molecule has 0 heterocycles. The Hall–Kier alpha value is -1.30. The van der Waals surface area contributed by atoms with Crippen LogP contribution < -0.4 is 5.32 Å². The molecule has 0 amide bonds. The molecule has 0 saturated carbocycles. The fourth-order valence-corrected chi connectivity index (χ4v) is 1.95. The average Bonchev–Trinajstić information content (AvgIpc) is 2.33. The van der Waals surface area contributed by atoms with Crippen molar-refractivity contribution in [2.75, 3.05) is 0 Å². The molecule has 1 rings (SSSR count). The quantitative estimate of drug-likeness (QED) is 0.751. The van der Waals surface area contributed by atoms with E-state index in [0.29, 0.717) is 21.2 Å². The van der Waals surface area contributed by atoms with Gasteiger partial charge in [0.25, 0.3) is 0 Å². The second-order valence-electron chi connectivity index (χ2n) is 4.02. The zero-order chi connectivity index (χ0) is 14.6. The third-order valence-electron chi connectivity index (χ3n) is 2.62. The molecule has 104 valence electrons. The standard InChI is InChI=1S/C12H13Cl2NO4/c1-6-8(13)3-2-7(11(6)14)5-15-9(12(18)19)4-10(16)17/h2-3,9,15H,4-5H2,1H3,(H,16,17)(H,18,19)/t9-/m1/s1. The van der Waals surface area contributed by atoms with Crippen molar-refractivity contribution in [3.8, 4) is 0 Å². The van der Waals surface area contributed by atoms with E-state index in [0.717, 1.165) is 0 Å². The summed E-state index contributed by atoms with van der Waals surface area (Å²) in [4.78, 5) is 21.4. The third kappa shape index (κ3) is 4.38. The van der Waals surface area contributed by atoms with E-state index in [4.69, 9.17) is 33.4 Å². The van der Waals surface area contributed by atoms with Gasteiger partial charge in [-0.25, -0.2) is 0 Å². The maximum atomic E-state index is 10.9. The summed E-state index contributed by atoms with van der Waals surface area (Å²) in [5.74, 6) is -2.40. The Labute approximate surface area is 120 Å². The van der Waals surface area contributed by atoms with E-state index in [1.807, 2.05) is 0 Å². The lowest BCUT2D eigenvalue weighted by atomic mass is 10.1. The van der Waals surface area contributed by atoms with Crippen molar-refractivity contribution in [2.24, 2.45) is 0 Å². The molecule has 0 aliphatic carbocycles. The molecule has 0 radical (unpaired) electrons. The fourth-order valence-electron chi connectivity index (χ4n) is 1.51. The van der Waals surface area contributed by atoms with E-state index < -0.39 is 24.4 Å². The molecule has 0 saturated heterocycles. The lowest BCUT2D eigenvalue weighted by Gasteiger charge is -2.14. The van der Waals surface area contributed by atoms with Crippen LogP contribution in [0.5, 0.6) is 0 Å². The van der Waals surface area contributed by atoms with Crippen molar-refractivity contribution in [3.05, 3.63) is 33.3 Å². The lowest BCUT2D eigenvalue weighted by molar-refractivity contribution is -0.146. The van der Waals surface area contributed by atoms with Crippen molar-refractivity contribution in [1.29, 1.82) is 0 Å². The Balaban J connectivity index is 2.77. The summed E-state index contributed by atoms with van der Waals surface area (Å²) in [6, 6.07) is 2.17. The first kappa shape index (κ1) is 15.8. The van der Waals surface area contributed by atoms with Crippen LogP contribution in [0.1, 0.15) is 17.5 Å². The first-order chi connectivity index (χ1) is 8.82. The highest BCUT2D eigenvalue weighted by molar-refractivity contribution is 6.36. The minimum absolute atomic E-state index is 0.154. The predicted octanol–water partition coefficient (Wildman–Crippen LogP) is 2.32. The molecule has 0 aromatic heterocycles. The molecule has 1 atom stereocenters. The van der Waals surface area contributed by atoms with Crippen LogP contribution in [0.15, 0.2) is 12.1 Å². The normalized spacial score (nSPS) is 12.2. The van der Waals surface area contributed by atoms with E-state index >= 15 is 0 Å². The first-order valence-electron chi connectivity index (χ1n) is 5.44. The molecule has 0 bridgehead atoms. The highest BCUT2D eigenvalue weighted by Gasteiger charge is 2.20. The number of hydrogen-bond donors (Lipinski definition) is 3. The number of nitrogens with one attached hydrogen (secondary N) is 1. The van der Waals surface area contributed by atoms with Crippen LogP contribution in [0, 0.1) is 6.92 Å². The molecular weight excluding hydrogens is 293 g/mol. The Kier molecular flexibility index (Phi) is 5.60. The summed E-state index contributed by atoms with van der Waals surface area (Å²) in [5, 5.41) is 21.1. The van der Waals surface area contributed by atoms with Crippen LogP contribution >= 0.6 is 23.2 Å². The van der Waals surface area contributed by atoms with Crippen molar-refractivity contribution in [1.82, 2.24) is 5.32 Å². The maximum Gasteiger partial charge on any atom is 0.321 e. The van der Waals surface area contributed by atoms with Gasteiger partial charge in [0.1, 0.15) is 6.04 Å². The van der Waals surface area contributed by atoms with Gasteiger partial charge in [-0.1, -0.05) is 29.3 Å². The van der Waals surface area contributed by atoms with Crippen LogP contribution in [0.2, 0.25) is 10.0 Å². The van der Waals surface area contributed by atoms with Gasteiger partial charge in [-0.05, 0) is 24.1 Å². The number of aliphatic carboxylic acids is 2.